The number of amides is 3. The minimum Gasteiger partial charge on any atom is -0.324 e. The van der Waals surface area contributed by atoms with Crippen molar-refractivity contribution in [2.75, 3.05) is 23.7 Å². The molecule has 0 spiro atoms. The third kappa shape index (κ3) is 4.17. The van der Waals surface area contributed by atoms with Crippen LogP contribution in [-0.4, -0.2) is 39.7 Å². The summed E-state index contributed by atoms with van der Waals surface area (Å²) in [6.45, 7) is 3.83. The molecule has 7 heteroatoms. The number of rotatable bonds is 4. The van der Waals surface area contributed by atoms with Gasteiger partial charge in [0, 0.05) is 37.3 Å². The van der Waals surface area contributed by atoms with Crippen LogP contribution in [0.5, 0.6) is 0 Å². The molecule has 0 bridgehead atoms. The summed E-state index contributed by atoms with van der Waals surface area (Å²) in [5.41, 5.74) is 0.778. The van der Waals surface area contributed by atoms with Gasteiger partial charge in [-0.2, -0.15) is 5.10 Å². The number of likely N-dealkylation sites (tertiary alicyclic amines) is 1. The lowest BCUT2D eigenvalue weighted by Crippen LogP contribution is -2.43. The molecular weight excluding hydrogens is 318 g/mol. The Kier molecular flexibility index (Phi) is 5.33. The fourth-order valence-corrected chi connectivity index (χ4v) is 2.99. The van der Waals surface area contributed by atoms with Crippen LogP contribution in [0.2, 0.25) is 0 Å². The SMILES string of the molecule is CCn1nccc1NC(=O)C1CCN(C(=O)Nc2ccccc2)CC1. The van der Waals surface area contributed by atoms with E-state index in [2.05, 4.69) is 15.7 Å². The van der Waals surface area contributed by atoms with E-state index in [0.29, 0.717) is 32.5 Å². The molecule has 1 aliphatic rings. The van der Waals surface area contributed by atoms with Crippen molar-refractivity contribution in [3.05, 3.63) is 42.6 Å². The van der Waals surface area contributed by atoms with E-state index in [4.69, 9.17) is 0 Å². The van der Waals surface area contributed by atoms with E-state index in [-0.39, 0.29) is 17.9 Å². The molecule has 7 nitrogen and oxygen atoms in total. The summed E-state index contributed by atoms with van der Waals surface area (Å²) in [7, 11) is 0. The van der Waals surface area contributed by atoms with Crippen LogP contribution >= 0.6 is 0 Å². The number of carbonyl (C=O) groups is 2. The van der Waals surface area contributed by atoms with Crippen molar-refractivity contribution in [1.82, 2.24) is 14.7 Å². The lowest BCUT2D eigenvalue weighted by Gasteiger charge is -2.31. The number of urea groups is 1. The second kappa shape index (κ2) is 7.83. The number of carbonyl (C=O) groups excluding carboxylic acids is 2. The molecule has 3 rings (SSSR count). The van der Waals surface area contributed by atoms with Crippen LogP contribution in [0.4, 0.5) is 16.3 Å². The number of anilines is 2. The molecule has 2 N–H and O–H groups in total. The normalized spacial score (nSPS) is 15.0. The molecule has 0 aliphatic carbocycles. The predicted octanol–water partition coefficient (Wildman–Crippen LogP) is 2.79. The van der Waals surface area contributed by atoms with E-state index in [1.807, 2.05) is 37.3 Å². The highest BCUT2D eigenvalue weighted by Gasteiger charge is 2.27. The Hall–Kier alpha value is -2.83. The lowest BCUT2D eigenvalue weighted by atomic mass is 9.96. The minimum absolute atomic E-state index is 0.00156. The van der Waals surface area contributed by atoms with Gasteiger partial charge < -0.3 is 15.5 Å². The number of benzene rings is 1. The molecule has 1 aliphatic heterocycles. The maximum Gasteiger partial charge on any atom is 0.321 e. The van der Waals surface area contributed by atoms with Crippen molar-refractivity contribution in [3.8, 4) is 0 Å². The van der Waals surface area contributed by atoms with Gasteiger partial charge in [-0.15, -0.1) is 0 Å². The Morgan fingerprint density at radius 1 is 1.12 bits per heavy atom. The van der Waals surface area contributed by atoms with Crippen molar-refractivity contribution in [3.63, 3.8) is 0 Å². The van der Waals surface area contributed by atoms with E-state index in [0.717, 1.165) is 11.5 Å². The molecular formula is C18H23N5O2. The average Bonchev–Trinajstić information content (AvgIpc) is 3.09. The van der Waals surface area contributed by atoms with Crippen molar-refractivity contribution >= 4 is 23.4 Å². The standard InChI is InChI=1S/C18H23N5O2/c1-2-23-16(8-11-19-23)21-17(24)14-9-12-22(13-10-14)18(25)20-15-6-4-3-5-7-15/h3-8,11,14H,2,9-10,12-13H2,1H3,(H,20,25)(H,21,24). The van der Waals surface area contributed by atoms with Crippen LogP contribution in [0.3, 0.4) is 0 Å². The summed E-state index contributed by atoms with van der Waals surface area (Å²) < 4.78 is 1.75. The van der Waals surface area contributed by atoms with Gasteiger partial charge in [-0.25, -0.2) is 9.48 Å². The number of aryl methyl sites for hydroxylation is 1. The van der Waals surface area contributed by atoms with Gasteiger partial charge in [0.25, 0.3) is 0 Å². The minimum atomic E-state index is -0.117. The zero-order valence-corrected chi connectivity index (χ0v) is 14.3. The van der Waals surface area contributed by atoms with Gasteiger partial charge in [-0.1, -0.05) is 18.2 Å². The summed E-state index contributed by atoms with van der Waals surface area (Å²) in [6.07, 6.45) is 3.00. The monoisotopic (exact) mass is 341 g/mol. The van der Waals surface area contributed by atoms with Crippen LogP contribution in [-0.2, 0) is 11.3 Å². The van der Waals surface area contributed by atoms with E-state index >= 15 is 0 Å². The molecule has 0 saturated carbocycles. The van der Waals surface area contributed by atoms with Gasteiger partial charge >= 0.3 is 6.03 Å². The van der Waals surface area contributed by atoms with Crippen molar-refractivity contribution in [1.29, 1.82) is 0 Å². The third-order valence-electron chi connectivity index (χ3n) is 4.45. The van der Waals surface area contributed by atoms with Gasteiger partial charge in [0.05, 0.1) is 6.20 Å². The smallest absolute Gasteiger partial charge is 0.321 e. The molecule has 0 radical (unpaired) electrons. The van der Waals surface area contributed by atoms with Crippen LogP contribution in [0.1, 0.15) is 19.8 Å². The van der Waals surface area contributed by atoms with E-state index < -0.39 is 0 Å². The van der Waals surface area contributed by atoms with Gasteiger partial charge in [-0.3, -0.25) is 4.79 Å². The number of nitrogens with one attached hydrogen (secondary N) is 2. The molecule has 1 fully saturated rings. The second-order valence-electron chi connectivity index (χ2n) is 6.08. The summed E-state index contributed by atoms with van der Waals surface area (Å²) in [4.78, 5) is 26.5. The first-order valence-electron chi connectivity index (χ1n) is 8.61. The maximum absolute atomic E-state index is 12.4. The zero-order valence-electron chi connectivity index (χ0n) is 14.3. The number of nitrogens with zero attached hydrogens (tertiary/aromatic N) is 3. The molecule has 2 aromatic rings. The van der Waals surface area contributed by atoms with Crippen molar-refractivity contribution < 1.29 is 9.59 Å². The molecule has 25 heavy (non-hydrogen) atoms. The van der Waals surface area contributed by atoms with E-state index in [1.54, 1.807) is 21.8 Å². The lowest BCUT2D eigenvalue weighted by molar-refractivity contribution is -0.121. The Morgan fingerprint density at radius 2 is 1.84 bits per heavy atom. The fourth-order valence-electron chi connectivity index (χ4n) is 2.99. The van der Waals surface area contributed by atoms with E-state index in [9.17, 15) is 9.59 Å². The number of para-hydroxylation sites is 1. The number of piperidine rings is 1. The van der Waals surface area contributed by atoms with Crippen molar-refractivity contribution in [2.24, 2.45) is 5.92 Å². The van der Waals surface area contributed by atoms with Gasteiger partial charge in [0.15, 0.2) is 0 Å². The van der Waals surface area contributed by atoms with Crippen LogP contribution in [0.15, 0.2) is 42.6 Å². The number of hydrogen-bond acceptors (Lipinski definition) is 3. The number of hydrogen-bond donors (Lipinski definition) is 2. The summed E-state index contributed by atoms with van der Waals surface area (Å²) in [5, 5.41) is 9.97. The Morgan fingerprint density at radius 3 is 2.52 bits per heavy atom. The molecule has 2 heterocycles. The quantitative estimate of drug-likeness (QED) is 0.897. The highest BCUT2D eigenvalue weighted by molar-refractivity contribution is 5.92. The van der Waals surface area contributed by atoms with Gasteiger partial charge in [0.2, 0.25) is 5.91 Å². The third-order valence-corrected chi connectivity index (χ3v) is 4.45. The summed E-state index contributed by atoms with van der Waals surface area (Å²) in [6, 6.07) is 11.1. The molecule has 1 aromatic heterocycles. The molecule has 0 atom stereocenters. The van der Waals surface area contributed by atoms with Gasteiger partial charge in [-0.05, 0) is 31.9 Å². The first kappa shape index (κ1) is 17.0. The van der Waals surface area contributed by atoms with E-state index in [1.165, 1.54) is 0 Å². The maximum atomic E-state index is 12.4. The molecule has 132 valence electrons. The zero-order chi connectivity index (χ0) is 17.6. The van der Waals surface area contributed by atoms with Crippen molar-refractivity contribution in [2.45, 2.75) is 26.3 Å². The Bertz CT molecular complexity index is 720. The summed E-state index contributed by atoms with van der Waals surface area (Å²) in [5.74, 6) is 0.635. The highest BCUT2D eigenvalue weighted by Crippen LogP contribution is 2.20. The molecule has 1 saturated heterocycles. The first-order chi connectivity index (χ1) is 12.2. The second-order valence-corrected chi connectivity index (χ2v) is 6.08. The highest BCUT2D eigenvalue weighted by atomic mass is 16.2. The first-order valence-corrected chi connectivity index (χ1v) is 8.61. The Balaban J connectivity index is 1.49. The largest absolute Gasteiger partial charge is 0.324 e. The van der Waals surface area contributed by atoms with Gasteiger partial charge in [0.1, 0.15) is 5.82 Å². The fraction of sp³-hybridized carbons (Fsp3) is 0.389. The number of aromatic nitrogens is 2. The molecule has 3 amide bonds. The van der Waals surface area contributed by atoms with Crippen LogP contribution < -0.4 is 10.6 Å². The predicted molar refractivity (Wildman–Crippen MR) is 96.3 cm³/mol. The average molecular weight is 341 g/mol. The molecule has 1 aromatic carbocycles. The van der Waals surface area contributed by atoms with Crippen LogP contribution in [0.25, 0.3) is 0 Å². The van der Waals surface area contributed by atoms with Crippen LogP contribution in [0, 0.1) is 5.92 Å². The molecule has 0 unspecified atom stereocenters. The topological polar surface area (TPSA) is 79.3 Å². The Labute approximate surface area is 147 Å². The summed E-state index contributed by atoms with van der Waals surface area (Å²) >= 11 is 0.